The number of ether oxygens (including phenoxy) is 3. The fourth-order valence-corrected chi connectivity index (χ4v) is 8.33. The first-order chi connectivity index (χ1) is 15.7. The van der Waals surface area contributed by atoms with E-state index in [4.69, 9.17) is 14.2 Å². The highest BCUT2D eigenvalue weighted by atomic mass is 16.6. The largest absolute Gasteiger partial charge is 0.462 e. The summed E-state index contributed by atoms with van der Waals surface area (Å²) in [6.45, 7) is 14.0. The van der Waals surface area contributed by atoms with Crippen LogP contribution < -0.4 is 0 Å². The minimum absolute atomic E-state index is 0.229. The summed E-state index contributed by atoms with van der Waals surface area (Å²) in [5.41, 5.74) is -2.25. The van der Waals surface area contributed by atoms with E-state index in [0.717, 1.165) is 0 Å². The van der Waals surface area contributed by atoms with E-state index >= 15 is 0 Å². The van der Waals surface area contributed by atoms with Crippen molar-refractivity contribution in [3.8, 4) is 0 Å². The van der Waals surface area contributed by atoms with Crippen LogP contribution in [-0.2, 0) is 33.4 Å². The predicted molar refractivity (Wildman–Crippen MR) is 120 cm³/mol. The number of esters is 3. The van der Waals surface area contributed by atoms with Crippen molar-refractivity contribution >= 4 is 23.7 Å². The summed E-state index contributed by atoms with van der Waals surface area (Å²) < 4.78 is 17.4. The molecule has 0 aromatic carbocycles. The molecular formula is C26H36O8. The fourth-order valence-electron chi connectivity index (χ4n) is 8.33. The lowest BCUT2D eigenvalue weighted by Crippen LogP contribution is -2.72. The van der Waals surface area contributed by atoms with Gasteiger partial charge in [0.15, 0.2) is 5.78 Å². The molecule has 0 unspecified atom stereocenters. The van der Waals surface area contributed by atoms with Gasteiger partial charge in [0.1, 0.15) is 23.7 Å². The molecule has 1 spiro atoms. The molecule has 0 amide bonds. The molecule has 4 aliphatic carbocycles. The van der Waals surface area contributed by atoms with Crippen LogP contribution in [-0.4, -0.2) is 53.2 Å². The van der Waals surface area contributed by atoms with E-state index in [2.05, 4.69) is 6.58 Å². The van der Waals surface area contributed by atoms with Gasteiger partial charge in [-0.25, -0.2) is 0 Å². The van der Waals surface area contributed by atoms with Crippen molar-refractivity contribution in [2.75, 3.05) is 0 Å². The predicted octanol–water partition coefficient (Wildman–Crippen LogP) is 2.75. The second-order valence-electron chi connectivity index (χ2n) is 11.5. The number of rotatable bonds is 3. The Bertz CT molecular complexity index is 952. The number of hydrogen-bond donors (Lipinski definition) is 1. The van der Waals surface area contributed by atoms with Crippen molar-refractivity contribution in [2.24, 2.45) is 34.0 Å². The highest BCUT2D eigenvalue weighted by molar-refractivity contribution is 6.04. The van der Waals surface area contributed by atoms with Gasteiger partial charge >= 0.3 is 17.9 Å². The Morgan fingerprint density at radius 1 is 0.853 bits per heavy atom. The summed E-state index contributed by atoms with van der Waals surface area (Å²) in [6.07, 6.45) is -1.31. The standard InChI is InChI=1S/C26H36O8/c1-12-16-8-9-17-25(7)18(10-21(34-15(4)29)26(17,22(12)30)23(16)31)24(5,6)19(32-13(2)27)11-20(25)33-14(3)28/h16-21,23,31H,1,8-11H2,2-7H3/t16-,17-,18+,19-,20-,21+,23+,25-,26-/m0/s1. The Kier molecular flexibility index (Phi) is 5.78. The first kappa shape index (κ1) is 24.9. The monoisotopic (exact) mass is 476 g/mol. The molecule has 0 saturated heterocycles. The van der Waals surface area contributed by atoms with E-state index in [1.54, 1.807) is 0 Å². The van der Waals surface area contributed by atoms with Gasteiger partial charge in [-0.15, -0.1) is 0 Å². The topological polar surface area (TPSA) is 116 Å². The van der Waals surface area contributed by atoms with Crippen molar-refractivity contribution in [1.29, 1.82) is 0 Å². The van der Waals surface area contributed by atoms with Gasteiger partial charge in [-0.3, -0.25) is 19.2 Å². The van der Waals surface area contributed by atoms with Crippen LogP contribution in [0.15, 0.2) is 12.2 Å². The number of carbonyl (C=O) groups excluding carboxylic acids is 4. The van der Waals surface area contributed by atoms with Gasteiger partial charge in [0.05, 0.1) is 6.10 Å². The SMILES string of the molecule is C=C1C(=O)[C@]23[C@H](O)[C@H]1CC[C@H]2[C@]1(C)[C@@H](OC(C)=O)C[C@H](OC(C)=O)C(C)(C)[C@H]1C[C@H]3OC(C)=O. The van der Waals surface area contributed by atoms with Crippen molar-refractivity contribution in [3.05, 3.63) is 12.2 Å². The van der Waals surface area contributed by atoms with Crippen LogP contribution in [0.3, 0.4) is 0 Å². The van der Waals surface area contributed by atoms with Crippen molar-refractivity contribution in [1.82, 2.24) is 0 Å². The third-order valence-electron chi connectivity index (χ3n) is 9.60. The van der Waals surface area contributed by atoms with Crippen molar-refractivity contribution in [2.45, 2.75) is 91.6 Å². The number of aliphatic hydroxyl groups excluding tert-OH is 1. The van der Waals surface area contributed by atoms with E-state index in [0.29, 0.717) is 24.8 Å². The van der Waals surface area contributed by atoms with Gasteiger partial charge in [0.2, 0.25) is 0 Å². The maximum atomic E-state index is 13.8. The highest BCUT2D eigenvalue weighted by Crippen LogP contribution is 2.72. The molecule has 4 aliphatic rings. The van der Waals surface area contributed by atoms with Crippen LogP contribution in [0.25, 0.3) is 0 Å². The zero-order chi connectivity index (χ0) is 25.4. The number of Topliss-reactive ketones (excluding diaryl/α,β-unsaturated/α-hetero) is 1. The lowest BCUT2D eigenvalue weighted by Gasteiger charge is -2.67. The molecule has 8 nitrogen and oxygen atoms in total. The van der Waals surface area contributed by atoms with E-state index in [9.17, 15) is 24.3 Å². The minimum Gasteiger partial charge on any atom is -0.462 e. The fraction of sp³-hybridized carbons (Fsp3) is 0.769. The summed E-state index contributed by atoms with van der Waals surface area (Å²) in [4.78, 5) is 50.2. The maximum Gasteiger partial charge on any atom is 0.302 e. The van der Waals surface area contributed by atoms with Crippen LogP contribution in [0.1, 0.15) is 67.2 Å². The van der Waals surface area contributed by atoms with Gasteiger partial charge in [0, 0.05) is 43.9 Å². The molecule has 0 aromatic rings. The first-order valence-electron chi connectivity index (χ1n) is 12.1. The highest BCUT2D eigenvalue weighted by Gasteiger charge is 2.77. The average Bonchev–Trinajstić information content (AvgIpc) is 2.81. The summed E-state index contributed by atoms with van der Waals surface area (Å²) in [6, 6.07) is 0. The number of carbonyl (C=O) groups is 4. The summed E-state index contributed by atoms with van der Waals surface area (Å²) in [5.74, 6) is -2.68. The average molecular weight is 477 g/mol. The maximum absolute atomic E-state index is 13.8. The second-order valence-corrected chi connectivity index (χ2v) is 11.5. The Labute approximate surface area is 200 Å². The smallest absolute Gasteiger partial charge is 0.302 e. The van der Waals surface area contributed by atoms with E-state index in [1.165, 1.54) is 20.8 Å². The number of fused-ring (bicyclic) bond motifs is 3. The third-order valence-corrected chi connectivity index (χ3v) is 9.60. The lowest BCUT2D eigenvalue weighted by molar-refractivity contribution is -0.275. The Hall–Kier alpha value is -2.22. The van der Waals surface area contributed by atoms with Gasteiger partial charge < -0.3 is 19.3 Å². The minimum atomic E-state index is -1.33. The normalized spacial score (nSPS) is 44.5. The first-order valence-corrected chi connectivity index (χ1v) is 12.1. The van der Waals surface area contributed by atoms with Gasteiger partial charge in [0.25, 0.3) is 0 Å². The molecule has 1 N–H and O–H groups in total. The molecule has 0 heterocycles. The second kappa shape index (κ2) is 7.90. The Morgan fingerprint density at radius 3 is 1.94 bits per heavy atom. The molecule has 4 rings (SSSR count). The van der Waals surface area contributed by atoms with Crippen molar-refractivity contribution in [3.63, 3.8) is 0 Å². The summed E-state index contributed by atoms with van der Waals surface area (Å²) in [7, 11) is 0. The molecule has 0 aromatic heterocycles. The molecule has 4 saturated carbocycles. The molecule has 0 radical (unpaired) electrons. The molecule has 8 heteroatoms. The quantitative estimate of drug-likeness (QED) is 0.376. The molecular weight excluding hydrogens is 440 g/mol. The summed E-state index contributed by atoms with van der Waals surface area (Å²) in [5, 5.41) is 11.5. The molecule has 2 bridgehead atoms. The van der Waals surface area contributed by atoms with Crippen LogP contribution >= 0.6 is 0 Å². The van der Waals surface area contributed by atoms with E-state index < -0.39 is 64.5 Å². The third kappa shape index (κ3) is 3.13. The zero-order valence-corrected chi connectivity index (χ0v) is 20.9. The number of hydrogen-bond acceptors (Lipinski definition) is 8. The number of ketones is 1. The van der Waals surface area contributed by atoms with Crippen LogP contribution in [0, 0.1) is 34.0 Å². The van der Waals surface area contributed by atoms with Gasteiger partial charge in [-0.1, -0.05) is 27.4 Å². The van der Waals surface area contributed by atoms with Gasteiger partial charge in [-0.05, 0) is 36.7 Å². The molecule has 188 valence electrons. The Morgan fingerprint density at radius 2 is 1.38 bits per heavy atom. The Balaban J connectivity index is 1.92. The molecule has 0 aliphatic heterocycles. The van der Waals surface area contributed by atoms with Crippen molar-refractivity contribution < 1.29 is 38.5 Å². The zero-order valence-electron chi connectivity index (χ0n) is 20.9. The van der Waals surface area contributed by atoms with Crippen LogP contribution in [0.5, 0.6) is 0 Å². The van der Waals surface area contributed by atoms with Crippen LogP contribution in [0.2, 0.25) is 0 Å². The molecule has 34 heavy (non-hydrogen) atoms. The van der Waals surface area contributed by atoms with E-state index in [-0.39, 0.29) is 24.0 Å². The summed E-state index contributed by atoms with van der Waals surface area (Å²) >= 11 is 0. The van der Waals surface area contributed by atoms with E-state index in [1.807, 2.05) is 20.8 Å². The lowest BCUT2D eigenvalue weighted by atomic mass is 9.38. The number of aliphatic hydroxyl groups is 1. The molecule has 9 atom stereocenters. The van der Waals surface area contributed by atoms with Gasteiger partial charge in [-0.2, -0.15) is 0 Å². The molecule has 4 fully saturated rings. The van der Waals surface area contributed by atoms with Crippen LogP contribution in [0.4, 0.5) is 0 Å².